The van der Waals surface area contributed by atoms with E-state index in [2.05, 4.69) is 22.8 Å². The van der Waals surface area contributed by atoms with Crippen LogP contribution < -0.4 is 5.32 Å². The molecule has 1 nitrogen and oxygen atoms in total. The zero-order valence-electron chi connectivity index (χ0n) is 11.3. The Balaban J connectivity index is 1.59. The van der Waals surface area contributed by atoms with Crippen LogP contribution in [0.4, 0.5) is 0 Å². The van der Waals surface area contributed by atoms with Crippen LogP contribution in [-0.2, 0) is 12.8 Å². The predicted molar refractivity (Wildman–Crippen MR) is 88.1 cm³/mol. The standard InChI is InChI=1S/C16H18ClNS2/c17-16-9-11-13(4-2-6-15(11)20-16)18-12-3-1-5-14-10(12)7-8-19-14/h7-9,12-13,18H,1-6H2. The van der Waals surface area contributed by atoms with Crippen molar-refractivity contribution in [2.75, 3.05) is 0 Å². The van der Waals surface area contributed by atoms with E-state index in [4.69, 9.17) is 11.6 Å². The van der Waals surface area contributed by atoms with Crippen LogP contribution in [0.2, 0.25) is 4.34 Å². The topological polar surface area (TPSA) is 12.0 Å². The lowest BCUT2D eigenvalue weighted by Crippen LogP contribution is -2.30. The van der Waals surface area contributed by atoms with Crippen LogP contribution in [0.5, 0.6) is 0 Å². The van der Waals surface area contributed by atoms with Crippen LogP contribution in [-0.4, -0.2) is 0 Å². The van der Waals surface area contributed by atoms with E-state index < -0.39 is 0 Å². The van der Waals surface area contributed by atoms with Crippen LogP contribution in [0, 0.1) is 0 Å². The van der Waals surface area contributed by atoms with Crippen molar-refractivity contribution in [3.8, 4) is 0 Å². The van der Waals surface area contributed by atoms with Gasteiger partial charge in [0.05, 0.1) is 4.34 Å². The first-order valence-electron chi connectivity index (χ1n) is 7.41. The molecule has 4 rings (SSSR count). The third kappa shape index (κ3) is 2.35. The molecule has 2 heterocycles. The number of fused-ring (bicyclic) bond motifs is 2. The van der Waals surface area contributed by atoms with E-state index in [0.717, 1.165) is 4.34 Å². The highest BCUT2D eigenvalue weighted by atomic mass is 35.5. The van der Waals surface area contributed by atoms with Gasteiger partial charge in [-0.3, -0.25) is 0 Å². The summed E-state index contributed by atoms with van der Waals surface area (Å²) in [7, 11) is 0. The lowest BCUT2D eigenvalue weighted by molar-refractivity contribution is 0.373. The second kappa shape index (κ2) is 5.45. The lowest BCUT2D eigenvalue weighted by atomic mass is 9.89. The molecule has 2 atom stereocenters. The van der Waals surface area contributed by atoms with Crippen molar-refractivity contribution in [2.45, 2.75) is 50.6 Å². The molecule has 0 radical (unpaired) electrons. The second-order valence-electron chi connectivity index (χ2n) is 5.78. The normalized spacial score (nSPS) is 25.2. The molecule has 2 unspecified atom stereocenters. The molecule has 0 aliphatic heterocycles. The zero-order chi connectivity index (χ0) is 13.5. The molecule has 106 valence electrons. The first-order valence-corrected chi connectivity index (χ1v) is 9.49. The third-order valence-corrected chi connectivity index (χ3v) is 6.87. The fourth-order valence-corrected chi connectivity index (χ4v) is 5.97. The second-order valence-corrected chi connectivity index (χ2v) is 8.55. The summed E-state index contributed by atoms with van der Waals surface area (Å²) < 4.78 is 0.948. The Kier molecular flexibility index (Phi) is 3.63. The Labute approximate surface area is 133 Å². The Hall–Kier alpha value is -0.350. The van der Waals surface area contributed by atoms with Gasteiger partial charge in [-0.25, -0.2) is 0 Å². The molecule has 0 saturated heterocycles. The highest BCUT2D eigenvalue weighted by Gasteiger charge is 2.28. The predicted octanol–water partition coefficient (Wildman–Crippen LogP) is 5.51. The fraction of sp³-hybridized carbons (Fsp3) is 0.500. The summed E-state index contributed by atoms with van der Waals surface area (Å²) in [5.74, 6) is 0. The molecule has 2 aliphatic rings. The summed E-state index contributed by atoms with van der Waals surface area (Å²) in [6.45, 7) is 0. The van der Waals surface area contributed by atoms with E-state index in [0.29, 0.717) is 12.1 Å². The van der Waals surface area contributed by atoms with Crippen molar-refractivity contribution >= 4 is 34.3 Å². The lowest BCUT2D eigenvalue weighted by Gasteiger charge is -2.31. The Morgan fingerprint density at radius 1 is 1.05 bits per heavy atom. The van der Waals surface area contributed by atoms with E-state index in [1.165, 1.54) is 49.0 Å². The van der Waals surface area contributed by atoms with Crippen LogP contribution in [0.3, 0.4) is 0 Å². The molecule has 2 aliphatic carbocycles. The summed E-state index contributed by atoms with van der Waals surface area (Å²) in [5, 5.41) is 6.17. The van der Waals surface area contributed by atoms with E-state index in [-0.39, 0.29) is 0 Å². The molecular weight excluding hydrogens is 306 g/mol. The van der Waals surface area contributed by atoms with Crippen molar-refractivity contribution in [3.05, 3.63) is 42.7 Å². The summed E-state index contributed by atoms with van der Waals surface area (Å²) >= 11 is 9.91. The summed E-state index contributed by atoms with van der Waals surface area (Å²) in [6.07, 6.45) is 7.59. The number of thiophene rings is 2. The molecule has 0 saturated carbocycles. The molecule has 20 heavy (non-hydrogen) atoms. The van der Waals surface area contributed by atoms with Gasteiger partial charge in [0, 0.05) is 21.8 Å². The average molecular weight is 324 g/mol. The van der Waals surface area contributed by atoms with Crippen LogP contribution in [0.25, 0.3) is 0 Å². The molecule has 0 amide bonds. The molecule has 1 N–H and O–H groups in total. The maximum Gasteiger partial charge on any atom is 0.0934 e. The molecule has 4 heteroatoms. The Bertz CT molecular complexity index is 616. The molecule has 2 aromatic heterocycles. The fourth-order valence-electron chi connectivity index (χ4n) is 3.60. The molecule has 0 spiro atoms. The molecule has 0 fully saturated rings. The zero-order valence-corrected chi connectivity index (χ0v) is 13.7. The van der Waals surface area contributed by atoms with Crippen LogP contribution >= 0.6 is 34.3 Å². The van der Waals surface area contributed by atoms with Gasteiger partial charge in [-0.15, -0.1) is 22.7 Å². The number of hydrogen-bond acceptors (Lipinski definition) is 3. The first-order chi connectivity index (χ1) is 9.81. The summed E-state index contributed by atoms with van der Waals surface area (Å²) in [4.78, 5) is 3.09. The van der Waals surface area contributed by atoms with Crippen LogP contribution in [0.1, 0.15) is 58.6 Å². The maximum absolute atomic E-state index is 6.21. The Morgan fingerprint density at radius 2 is 1.80 bits per heavy atom. The molecular formula is C16H18ClNS2. The minimum atomic E-state index is 0.498. The van der Waals surface area contributed by atoms with Gasteiger partial charge < -0.3 is 5.32 Å². The third-order valence-electron chi connectivity index (χ3n) is 4.54. The number of aryl methyl sites for hydroxylation is 2. The number of nitrogens with one attached hydrogen (secondary N) is 1. The SMILES string of the molecule is Clc1cc2c(s1)CCCC2NC1CCCc2sccc21. The van der Waals surface area contributed by atoms with Crippen molar-refractivity contribution in [1.82, 2.24) is 5.32 Å². The monoisotopic (exact) mass is 323 g/mol. The summed E-state index contributed by atoms with van der Waals surface area (Å²) in [6, 6.07) is 5.55. The van der Waals surface area contributed by atoms with Gasteiger partial charge in [0.15, 0.2) is 0 Å². The average Bonchev–Trinajstić information content (AvgIpc) is 3.05. The number of halogens is 1. The highest BCUT2D eigenvalue weighted by molar-refractivity contribution is 7.16. The van der Waals surface area contributed by atoms with Gasteiger partial charge in [-0.1, -0.05) is 11.6 Å². The highest BCUT2D eigenvalue weighted by Crippen LogP contribution is 2.41. The van der Waals surface area contributed by atoms with E-state index in [9.17, 15) is 0 Å². The first kappa shape index (κ1) is 13.3. The van der Waals surface area contributed by atoms with E-state index >= 15 is 0 Å². The quantitative estimate of drug-likeness (QED) is 0.768. The van der Waals surface area contributed by atoms with Gasteiger partial charge in [-0.2, -0.15) is 0 Å². The molecule has 0 aromatic carbocycles. The van der Waals surface area contributed by atoms with Gasteiger partial charge in [0.1, 0.15) is 0 Å². The smallest absolute Gasteiger partial charge is 0.0934 e. The maximum atomic E-state index is 6.21. The van der Waals surface area contributed by atoms with E-state index in [1.807, 2.05) is 11.3 Å². The molecule has 2 aromatic rings. The minimum absolute atomic E-state index is 0.498. The van der Waals surface area contributed by atoms with Crippen LogP contribution in [0.15, 0.2) is 17.5 Å². The van der Waals surface area contributed by atoms with Gasteiger partial charge in [-0.05, 0) is 67.2 Å². The molecule has 0 bridgehead atoms. The van der Waals surface area contributed by atoms with E-state index in [1.54, 1.807) is 21.8 Å². The van der Waals surface area contributed by atoms with Crippen molar-refractivity contribution in [1.29, 1.82) is 0 Å². The van der Waals surface area contributed by atoms with Gasteiger partial charge in [0.25, 0.3) is 0 Å². The summed E-state index contributed by atoms with van der Waals surface area (Å²) in [5.41, 5.74) is 3.02. The van der Waals surface area contributed by atoms with Gasteiger partial charge in [0.2, 0.25) is 0 Å². The number of rotatable bonds is 2. The minimum Gasteiger partial charge on any atom is -0.303 e. The van der Waals surface area contributed by atoms with Crippen molar-refractivity contribution in [2.24, 2.45) is 0 Å². The Morgan fingerprint density at radius 3 is 2.65 bits per heavy atom. The van der Waals surface area contributed by atoms with Crippen molar-refractivity contribution in [3.63, 3.8) is 0 Å². The largest absolute Gasteiger partial charge is 0.303 e. The van der Waals surface area contributed by atoms with Gasteiger partial charge >= 0.3 is 0 Å². The van der Waals surface area contributed by atoms with Crippen molar-refractivity contribution < 1.29 is 0 Å². The number of hydrogen-bond donors (Lipinski definition) is 1.